The molecule has 0 bridgehead atoms. The Morgan fingerprint density at radius 3 is 2.41 bits per heavy atom. The van der Waals surface area contributed by atoms with Gasteiger partial charge in [0.2, 0.25) is 11.8 Å². The van der Waals surface area contributed by atoms with Gasteiger partial charge in [-0.3, -0.25) is 14.4 Å². The summed E-state index contributed by atoms with van der Waals surface area (Å²) in [6, 6.07) is 8.75. The van der Waals surface area contributed by atoms with Gasteiger partial charge in [-0.2, -0.15) is 0 Å². The smallest absolute Gasteiger partial charge is 0.274 e. The van der Waals surface area contributed by atoms with Gasteiger partial charge < -0.3 is 15.2 Å². The van der Waals surface area contributed by atoms with E-state index in [-0.39, 0.29) is 35.9 Å². The molecule has 0 fully saturated rings. The predicted octanol–water partition coefficient (Wildman–Crippen LogP) is 2.91. The molecule has 0 spiro atoms. The maximum absolute atomic E-state index is 13.0. The summed E-state index contributed by atoms with van der Waals surface area (Å²) in [5, 5.41) is 5.38. The zero-order valence-corrected chi connectivity index (χ0v) is 15.7. The van der Waals surface area contributed by atoms with Crippen molar-refractivity contribution in [2.75, 3.05) is 5.32 Å². The molecule has 1 atom stereocenters. The number of aromatic nitrogens is 1. The van der Waals surface area contributed by atoms with Crippen LogP contribution >= 0.6 is 0 Å². The third-order valence-electron chi connectivity index (χ3n) is 4.19. The summed E-state index contributed by atoms with van der Waals surface area (Å²) in [5.41, 5.74) is 1.09. The lowest BCUT2D eigenvalue weighted by molar-refractivity contribution is -0.122. The van der Waals surface area contributed by atoms with E-state index in [9.17, 15) is 18.8 Å². The van der Waals surface area contributed by atoms with Crippen LogP contribution in [0.4, 0.5) is 10.1 Å². The van der Waals surface area contributed by atoms with Crippen LogP contribution in [0.15, 0.2) is 41.2 Å². The number of aryl methyl sites for hydroxylation is 1. The molecule has 1 aromatic carbocycles. The van der Waals surface area contributed by atoms with Crippen LogP contribution < -0.4 is 16.2 Å². The number of halogens is 1. The number of carbonyl (C=O) groups is 2. The van der Waals surface area contributed by atoms with Crippen LogP contribution in [-0.4, -0.2) is 16.4 Å². The van der Waals surface area contributed by atoms with Gasteiger partial charge in [-0.1, -0.05) is 19.1 Å². The van der Waals surface area contributed by atoms with Gasteiger partial charge in [0.05, 0.1) is 6.04 Å². The summed E-state index contributed by atoms with van der Waals surface area (Å²) in [4.78, 5) is 36.7. The van der Waals surface area contributed by atoms with E-state index in [0.29, 0.717) is 18.5 Å². The van der Waals surface area contributed by atoms with E-state index in [1.165, 1.54) is 16.7 Å². The number of hydrogen-bond donors (Lipinski definition) is 2. The van der Waals surface area contributed by atoms with Crippen LogP contribution in [0, 0.1) is 12.7 Å². The van der Waals surface area contributed by atoms with Gasteiger partial charge in [0.1, 0.15) is 18.0 Å². The number of pyridine rings is 1. The predicted molar refractivity (Wildman–Crippen MR) is 102 cm³/mol. The highest BCUT2D eigenvalue weighted by Gasteiger charge is 2.14. The second-order valence-electron chi connectivity index (χ2n) is 6.42. The van der Waals surface area contributed by atoms with Crippen LogP contribution in [0.5, 0.6) is 0 Å². The SMILES string of the molecule is CCCC(=O)Nc1ccc(C)n(CC(=O)N[C@@H](C)c2ccc(F)cc2)c1=O. The molecule has 1 aromatic heterocycles. The van der Waals surface area contributed by atoms with Crippen molar-refractivity contribution in [1.82, 2.24) is 9.88 Å². The fourth-order valence-corrected chi connectivity index (χ4v) is 2.67. The van der Waals surface area contributed by atoms with Crippen molar-refractivity contribution in [3.63, 3.8) is 0 Å². The molecule has 0 aliphatic carbocycles. The normalized spacial score (nSPS) is 11.7. The number of amides is 2. The van der Waals surface area contributed by atoms with Gasteiger partial charge in [-0.15, -0.1) is 0 Å². The summed E-state index contributed by atoms with van der Waals surface area (Å²) in [6.07, 6.45) is 0.999. The van der Waals surface area contributed by atoms with Crippen molar-refractivity contribution in [2.24, 2.45) is 0 Å². The van der Waals surface area contributed by atoms with Gasteiger partial charge in [-0.25, -0.2) is 4.39 Å². The Kier molecular flexibility index (Phi) is 6.87. The Morgan fingerprint density at radius 2 is 1.78 bits per heavy atom. The van der Waals surface area contributed by atoms with Gasteiger partial charge >= 0.3 is 0 Å². The molecule has 27 heavy (non-hydrogen) atoms. The monoisotopic (exact) mass is 373 g/mol. The Bertz CT molecular complexity index is 875. The van der Waals surface area contributed by atoms with Crippen molar-refractivity contribution >= 4 is 17.5 Å². The fraction of sp³-hybridized carbons (Fsp3) is 0.350. The zero-order chi connectivity index (χ0) is 20.0. The van der Waals surface area contributed by atoms with Crippen molar-refractivity contribution < 1.29 is 14.0 Å². The van der Waals surface area contributed by atoms with Crippen molar-refractivity contribution in [1.29, 1.82) is 0 Å². The highest BCUT2D eigenvalue weighted by molar-refractivity contribution is 5.90. The number of carbonyl (C=O) groups excluding carboxylic acids is 2. The van der Waals surface area contributed by atoms with Crippen LogP contribution in [0.3, 0.4) is 0 Å². The zero-order valence-electron chi connectivity index (χ0n) is 15.7. The number of anilines is 1. The first-order valence-electron chi connectivity index (χ1n) is 8.87. The maximum atomic E-state index is 13.0. The lowest BCUT2D eigenvalue weighted by atomic mass is 10.1. The molecular formula is C20H24FN3O3. The first kappa shape index (κ1) is 20.4. The molecule has 0 saturated heterocycles. The number of rotatable bonds is 7. The largest absolute Gasteiger partial charge is 0.348 e. The average Bonchev–Trinajstić information content (AvgIpc) is 2.62. The first-order valence-corrected chi connectivity index (χ1v) is 8.87. The number of hydrogen-bond acceptors (Lipinski definition) is 3. The molecule has 2 aromatic rings. The van der Waals surface area contributed by atoms with E-state index in [4.69, 9.17) is 0 Å². The Morgan fingerprint density at radius 1 is 1.11 bits per heavy atom. The number of nitrogens with one attached hydrogen (secondary N) is 2. The number of benzene rings is 1. The molecule has 0 radical (unpaired) electrons. The molecule has 0 aliphatic rings. The lowest BCUT2D eigenvalue weighted by Crippen LogP contribution is -2.35. The van der Waals surface area contributed by atoms with Crippen LogP contribution in [0.25, 0.3) is 0 Å². The molecule has 2 amide bonds. The van der Waals surface area contributed by atoms with Crippen LogP contribution in [-0.2, 0) is 16.1 Å². The van der Waals surface area contributed by atoms with Gasteiger partial charge in [0.15, 0.2) is 0 Å². The molecule has 6 nitrogen and oxygen atoms in total. The average molecular weight is 373 g/mol. The third kappa shape index (κ3) is 5.51. The standard InChI is InChI=1S/C20H24FN3O3/c1-4-5-18(25)23-17-11-6-13(2)24(20(17)27)12-19(26)22-14(3)15-7-9-16(21)10-8-15/h6-11,14H,4-5,12H2,1-3H3,(H,22,26)(H,23,25)/t14-/m0/s1. The first-order chi connectivity index (χ1) is 12.8. The van der Waals surface area contributed by atoms with E-state index in [0.717, 1.165) is 5.56 Å². The minimum atomic E-state index is -0.427. The van der Waals surface area contributed by atoms with E-state index in [1.54, 1.807) is 38.1 Å². The molecule has 2 N–H and O–H groups in total. The van der Waals surface area contributed by atoms with Crippen LogP contribution in [0.2, 0.25) is 0 Å². The Labute approximate surface area is 157 Å². The van der Waals surface area contributed by atoms with Gasteiger partial charge in [-0.05, 0) is 50.1 Å². The molecule has 144 valence electrons. The minimum Gasteiger partial charge on any atom is -0.348 e. The quantitative estimate of drug-likeness (QED) is 0.783. The van der Waals surface area contributed by atoms with E-state index in [2.05, 4.69) is 10.6 Å². The van der Waals surface area contributed by atoms with Crippen molar-refractivity contribution in [3.05, 3.63) is 63.8 Å². The summed E-state index contributed by atoms with van der Waals surface area (Å²) in [6.45, 7) is 5.20. The summed E-state index contributed by atoms with van der Waals surface area (Å²) < 4.78 is 14.3. The van der Waals surface area contributed by atoms with Gasteiger partial charge in [0.25, 0.3) is 5.56 Å². The molecule has 0 saturated carbocycles. The maximum Gasteiger partial charge on any atom is 0.274 e. The minimum absolute atomic E-state index is 0.151. The van der Waals surface area contributed by atoms with E-state index >= 15 is 0 Å². The molecule has 1 heterocycles. The highest BCUT2D eigenvalue weighted by Crippen LogP contribution is 2.13. The third-order valence-corrected chi connectivity index (χ3v) is 4.19. The molecule has 7 heteroatoms. The van der Waals surface area contributed by atoms with Crippen LogP contribution in [0.1, 0.15) is 44.0 Å². The molecule has 0 aliphatic heterocycles. The lowest BCUT2D eigenvalue weighted by Gasteiger charge is -2.16. The molecule has 0 unspecified atom stereocenters. The Hall–Kier alpha value is -2.96. The Balaban J connectivity index is 2.11. The number of nitrogens with zero attached hydrogens (tertiary/aromatic N) is 1. The van der Waals surface area contributed by atoms with E-state index < -0.39 is 5.56 Å². The van der Waals surface area contributed by atoms with Crippen molar-refractivity contribution in [3.8, 4) is 0 Å². The molecular weight excluding hydrogens is 349 g/mol. The van der Waals surface area contributed by atoms with Crippen molar-refractivity contribution in [2.45, 2.75) is 46.2 Å². The second-order valence-corrected chi connectivity index (χ2v) is 6.42. The topological polar surface area (TPSA) is 80.2 Å². The van der Waals surface area contributed by atoms with Gasteiger partial charge in [0, 0.05) is 12.1 Å². The highest BCUT2D eigenvalue weighted by atomic mass is 19.1. The van der Waals surface area contributed by atoms with E-state index in [1.807, 2.05) is 6.92 Å². The summed E-state index contributed by atoms with van der Waals surface area (Å²) >= 11 is 0. The summed E-state index contributed by atoms with van der Waals surface area (Å²) in [7, 11) is 0. The molecule has 2 rings (SSSR count). The summed E-state index contributed by atoms with van der Waals surface area (Å²) in [5.74, 6) is -0.935. The fourth-order valence-electron chi connectivity index (χ4n) is 2.67. The second kappa shape index (κ2) is 9.12.